The minimum absolute atomic E-state index is 0.0768. The van der Waals surface area contributed by atoms with Gasteiger partial charge in [-0.1, -0.05) is 220 Å². The van der Waals surface area contributed by atoms with Crippen molar-refractivity contribution in [2.75, 3.05) is 39.6 Å². The SMILES string of the molecule is CCC(C)c1ccc(C(=O)OCCOc2c(F)c(F)c(F)c(F)c2F)cc1.CCC(C)c1ccc(C(=O)Oc2c(F)c(F)c(F)c(F)c2F)cc1.CCC(C)c1ccc(C(=O)Oc2ccc(C(C)(C)C)cc2)cc1.CCC(C)c1ccc(COCCOc2c(F)c(F)c(F)c(F)c2F)cc1.CCC(C)c1ccc(COCCOc2ccc(C(C)(C)C)cc2)cc1. The Labute approximate surface area is 721 Å². The maximum Gasteiger partial charge on any atom is 0.343 e. The second-order valence-corrected chi connectivity index (χ2v) is 31.7. The van der Waals surface area contributed by atoms with Crippen molar-refractivity contribution < 1.29 is 118 Å². The number of halogens is 15. The molecule has 0 saturated heterocycles. The second kappa shape index (κ2) is 49.0. The summed E-state index contributed by atoms with van der Waals surface area (Å²) in [5.74, 6) is -35.0. The smallest absolute Gasteiger partial charge is 0.343 e. The zero-order valence-electron chi connectivity index (χ0n) is 72.9. The van der Waals surface area contributed by atoms with Crippen LogP contribution in [0.25, 0.3) is 0 Å². The zero-order valence-corrected chi connectivity index (χ0v) is 72.9. The molecule has 0 N–H and O–H groups in total. The summed E-state index contributed by atoms with van der Waals surface area (Å²) in [6.45, 7) is 34.8. The highest BCUT2D eigenvalue weighted by atomic mass is 19.2. The summed E-state index contributed by atoms with van der Waals surface area (Å²) in [6.07, 6.45) is 5.10. The van der Waals surface area contributed by atoms with E-state index in [1.165, 1.54) is 51.9 Å². The van der Waals surface area contributed by atoms with Crippen LogP contribution in [0.3, 0.4) is 0 Å². The first-order valence-corrected chi connectivity index (χ1v) is 41.0. The fraction of sp³-hybridized carbons (Fsp3) is 0.364. The fourth-order valence-corrected chi connectivity index (χ4v) is 11.6. The summed E-state index contributed by atoms with van der Waals surface area (Å²) < 4.78 is 239. The molecule has 0 bridgehead atoms. The highest BCUT2D eigenvalue weighted by molar-refractivity contribution is 5.92. The lowest BCUT2D eigenvalue weighted by Crippen LogP contribution is -2.14. The van der Waals surface area contributed by atoms with E-state index in [1.807, 2.05) is 113 Å². The lowest BCUT2D eigenvalue weighted by Gasteiger charge is -2.19. The molecule has 10 aromatic rings. The van der Waals surface area contributed by atoms with Gasteiger partial charge >= 0.3 is 17.9 Å². The van der Waals surface area contributed by atoms with Gasteiger partial charge in [0.25, 0.3) is 0 Å². The molecule has 0 amide bonds. The van der Waals surface area contributed by atoms with Gasteiger partial charge in [0.05, 0.1) is 43.1 Å². The average Bonchev–Trinajstić information content (AvgIpc) is 0.801. The quantitative estimate of drug-likeness (QED) is 0.0103. The van der Waals surface area contributed by atoms with Gasteiger partial charge in [0.15, 0.2) is 11.5 Å². The average molecular weight is 1760 g/mol. The Kier molecular flexibility index (Phi) is 40.2. The molecule has 26 heteroatoms. The largest absolute Gasteiger partial charge is 0.491 e. The van der Waals surface area contributed by atoms with Crippen molar-refractivity contribution in [1.82, 2.24) is 0 Å². The van der Waals surface area contributed by atoms with Crippen LogP contribution in [-0.4, -0.2) is 57.5 Å². The highest BCUT2D eigenvalue weighted by Crippen LogP contribution is 2.35. The molecule has 0 spiro atoms. The van der Waals surface area contributed by atoms with E-state index in [0.717, 1.165) is 48.1 Å². The molecule has 5 atom stereocenters. The molecular weight excluding hydrogens is 1650 g/mol. The van der Waals surface area contributed by atoms with Gasteiger partial charge in [0.2, 0.25) is 93.0 Å². The van der Waals surface area contributed by atoms with Crippen LogP contribution >= 0.6 is 0 Å². The molecule has 0 heterocycles. The fourth-order valence-electron chi connectivity index (χ4n) is 11.6. The van der Waals surface area contributed by atoms with Crippen molar-refractivity contribution in [2.45, 2.75) is 197 Å². The molecule has 10 aromatic carbocycles. The van der Waals surface area contributed by atoms with E-state index >= 15 is 0 Å². The van der Waals surface area contributed by atoms with E-state index in [1.54, 1.807) is 36.4 Å². The van der Waals surface area contributed by atoms with Gasteiger partial charge in [-0.25, -0.2) is 53.9 Å². The van der Waals surface area contributed by atoms with E-state index < -0.39 is 130 Å². The van der Waals surface area contributed by atoms with Gasteiger partial charge in [-0.2, -0.15) is 26.3 Å². The molecular formula is C99H107F15O11. The summed E-state index contributed by atoms with van der Waals surface area (Å²) in [5.41, 5.74) is 11.5. The highest BCUT2D eigenvalue weighted by Gasteiger charge is 2.31. The molecule has 11 nitrogen and oxygen atoms in total. The van der Waals surface area contributed by atoms with Crippen molar-refractivity contribution in [3.63, 3.8) is 0 Å². The standard InChI is InChI=1S/C23H32O2.C21H26O2.C19H17F5O3.C19H19F5O2.C17H13F5O2/c1-6-18(2)20-9-7-19(8-10-20)17-24-15-16-25-22-13-11-21(12-14-22)23(3,4)5;1-6-15(2)16-7-9-17(10-8-16)20(22)23-19-13-11-18(12-14-19)21(3,4)5;1-3-10(2)11-4-6-12(7-5-11)19(25)27-9-8-26-18-16(23)14(21)13(20)15(22)17(18)24;1-3-11(2)13-6-4-12(5-7-13)10-25-8-9-26-19-17(23)15(21)14(20)16(22)18(19)24;1-3-8(2)9-4-6-10(7-5-9)17(23)24-16-14(21)12(19)11(18)13(20)15(16)22/h7-14,18H,6,15-17H2,1-5H3;7-15H,6H2,1-5H3;4-7,10H,3,8-9H2,1-2H3;4-7,11H,3,8-10H2,1-2H3;4-8H,3H2,1-2H3. The predicted molar refractivity (Wildman–Crippen MR) is 451 cm³/mol. The summed E-state index contributed by atoms with van der Waals surface area (Å²) >= 11 is 0. The van der Waals surface area contributed by atoms with Crippen molar-refractivity contribution in [3.8, 4) is 28.7 Å². The normalized spacial score (nSPS) is 12.4. The van der Waals surface area contributed by atoms with Crippen LogP contribution in [-0.2, 0) is 38.3 Å². The van der Waals surface area contributed by atoms with Crippen LogP contribution in [0.1, 0.15) is 254 Å². The number of benzene rings is 10. The first kappa shape index (κ1) is 103. The van der Waals surface area contributed by atoms with Crippen LogP contribution < -0.4 is 23.7 Å². The van der Waals surface area contributed by atoms with Crippen LogP contribution in [0, 0.1) is 87.3 Å². The Morgan fingerprint density at radius 2 is 0.504 bits per heavy atom. The van der Waals surface area contributed by atoms with E-state index in [2.05, 4.69) is 134 Å². The van der Waals surface area contributed by atoms with Gasteiger partial charge in [-0.05, 0) is 183 Å². The lowest BCUT2D eigenvalue weighted by atomic mass is 9.87. The van der Waals surface area contributed by atoms with E-state index in [4.69, 9.17) is 23.7 Å². The summed E-state index contributed by atoms with van der Waals surface area (Å²) in [4.78, 5) is 36.0. The summed E-state index contributed by atoms with van der Waals surface area (Å²) in [7, 11) is 0. The van der Waals surface area contributed by atoms with Crippen molar-refractivity contribution in [3.05, 3.63) is 324 Å². The van der Waals surface area contributed by atoms with Gasteiger partial charge in [0, 0.05) is 0 Å². The maximum absolute atomic E-state index is 13.5. The number of ether oxygens (including phenoxy) is 8. The van der Waals surface area contributed by atoms with Crippen molar-refractivity contribution in [2.24, 2.45) is 0 Å². The van der Waals surface area contributed by atoms with E-state index in [-0.39, 0.29) is 53.7 Å². The van der Waals surface area contributed by atoms with Crippen LogP contribution in [0.4, 0.5) is 65.9 Å². The maximum atomic E-state index is 13.5. The van der Waals surface area contributed by atoms with Gasteiger partial charge in [-0.3, -0.25) is 0 Å². The summed E-state index contributed by atoms with van der Waals surface area (Å²) in [6, 6.07) is 53.0. The molecule has 674 valence electrons. The number of hydrogen-bond donors (Lipinski definition) is 0. The second-order valence-electron chi connectivity index (χ2n) is 31.7. The first-order valence-electron chi connectivity index (χ1n) is 41.0. The van der Waals surface area contributed by atoms with E-state index in [0.29, 0.717) is 54.8 Å². The Morgan fingerprint density at radius 1 is 0.264 bits per heavy atom. The first-order chi connectivity index (χ1) is 59.1. The molecule has 0 aliphatic carbocycles. The number of carbonyl (C=O) groups excluding carboxylic acids is 3. The van der Waals surface area contributed by atoms with Crippen LogP contribution in [0.2, 0.25) is 0 Å². The molecule has 125 heavy (non-hydrogen) atoms. The third kappa shape index (κ3) is 29.8. The van der Waals surface area contributed by atoms with Crippen LogP contribution in [0.5, 0.6) is 28.7 Å². The molecule has 0 fully saturated rings. The number of carbonyl (C=O) groups is 3. The minimum atomic E-state index is -2.32. The van der Waals surface area contributed by atoms with Gasteiger partial charge < -0.3 is 37.9 Å². The number of rotatable bonds is 31. The summed E-state index contributed by atoms with van der Waals surface area (Å²) in [5, 5.41) is 0. The monoisotopic (exact) mass is 1760 g/mol. The molecule has 0 saturated carbocycles. The third-order valence-electron chi connectivity index (χ3n) is 20.7. The Morgan fingerprint density at radius 3 is 0.792 bits per heavy atom. The molecule has 0 aliphatic heterocycles. The third-order valence-corrected chi connectivity index (χ3v) is 20.7. The van der Waals surface area contributed by atoms with E-state index in [9.17, 15) is 80.2 Å². The Balaban J connectivity index is 0.000000242. The predicted octanol–water partition coefficient (Wildman–Crippen LogP) is 27.5. The van der Waals surface area contributed by atoms with Crippen LogP contribution in [0.15, 0.2) is 170 Å². The molecule has 0 radical (unpaired) electrons. The minimum Gasteiger partial charge on any atom is -0.491 e. The Bertz CT molecular complexity index is 5010. The Hall–Kier alpha value is -11.1. The molecule has 0 aromatic heterocycles. The van der Waals surface area contributed by atoms with Crippen molar-refractivity contribution >= 4 is 17.9 Å². The topological polar surface area (TPSA) is 125 Å². The van der Waals surface area contributed by atoms with Crippen molar-refractivity contribution in [1.29, 1.82) is 0 Å². The zero-order chi connectivity index (χ0) is 92.7. The number of hydrogen-bond acceptors (Lipinski definition) is 11. The number of esters is 3. The molecule has 0 aliphatic rings. The molecule has 10 rings (SSSR count). The van der Waals surface area contributed by atoms with Gasteiger partial charge in [-0.15, -0.1) is 0 Å². The van der Waals surface area contributed by atoms with Gasteiger partial charge in [0.1, 0.15) is 37.9 Å². The molecule has 5 unspecified atom stereocenters. The lowest BCUT2D eigenvalue weighted by molar-refractivity contribution is 0.0444.